The summed E-state index contributed by atoms with van der Waals surface area (Å²) in [4.78, 5) is 88.3. The van der Waals surface area contributed by atoms with Crippen LogP contribution in [0.15, 0.2) is 239 Å². The average molecular weight is 1330 g/mol. The number of nitrogens with one attached hydrogen (secondary N) is 3. The number of thiophene rings is 2. The summed E-state index contributed by atoms with van der Waals surface area (Å²) in [5.74, 6) is -3.51. The SMILES string of the molecule is CC(C)(C)OC(=O)c1ccc(-c2ccsc2)cc1NC(=O)c1cncc(-c2ccccc2)c1.CC(C)(C)OC(=O)c1ccc(Br)cc1NC(=O)c1cncc(-c2ccccc2)c1.O=C(Nc1cc(-c2ccsc2)ccc1C(=O)[O-])c1cncc(-c2ccccc2)c1.[Na+]. The van der Waals surface area contributed by atoms with Gasteiger partial charge in [0.2, 0.25) is 0 Å². The molecule has 15 nitrogen and oxygen atoms in total. The van der Waals surface area contributed by atoms with Gasteiger partial charge in [-0.2, -0.15) is 22.7 Å². The molecule has 0 radical (unpaired) electrons. The first-order chi connectivity index (χ1) is 43.6. The number of nitrogens with zero attached hydrogens (tertiary/aromatic N) is 3. The third-order valence-corrected chi connectivity index (χ3v) is 15.1. The van der Waals surface area contributed by atoms with Crippen LogP contribution in [-0.2, 0) is 9.47 Å². The predicted octanol–water partition coefficient (Wildman–Crippen LogP) is 13.5. The Hall–Kier alpha value is -9.53. The maximum atomic E-state index is 13.2. The van der Waals surface area contributed by atoms with Gasteiger partial charge in [-0.3, -0.25) is 29.3 Å². The fraction of sp³-hybridized carbons (Fsp3) is 0.110. The molecule has 0 bridgehead atoms. The topological polar surface area (TPSA) is 219 Å². The first-order valence-electron chi connectivity index (χ1n) is 28.4. The van der Waals surface area contributed by atoms with E-state index in [4.69, 9.17) is 9.47 Å². The van der Waals surface area contributed by atoms with E-state index in [9.17, 15) is 33.9 Å². The molecule has 0 aliphatic rings. The van der Waals surface area contributed by atoms with Crippen molar-refractivity contribution in [3.63, 3.8) is 0 Å². The molecule has 19 heteroatoms. The van der Waals surface area contributed by atoms with Crippen molar-refractivity contribution in [1.29, 1.82) is 0 Å². The van der Waals surface area contributed by atoms with E-state index < -0.39 is 35.0 Å². The van der Waals surface area contributed by atoms with Crippen molar-refractivity contribution in [3.8, 4) is 55.6 Å². The van der Waals surface area contributed by atoms with E-state index in [1.807, 2.05) is 151 Å². The van der Waals surface area contributed by atoms with Crippen LogP contribution < -0.4 is 50.6 Å². The van der Waals surface area contributed by atoms with Gasteiger partial charge in [0.1, 0.15) is 11.2 Å². The van der Waals surface area contributed by atoms with Crippen LogP contribution in [0.3, 0.4) is 0 Å². The summed E-state index contributed by atoms with van der Waals surface area (Å²) in [5, 5.41) is 27.8. The van der Waals surface area contributed by atoms with Gasteiger partial charge < -0.3 is 35.3 Å². The zero-order valence-corrected chi connectivity index (χ0v) is 56.4. The summed E-state index contributed by atoms with van der Waals surface area (Å²) in [7, 11) is 0. The summed E-state index contributed by atoms with van der Waals surface area (Å²) in [5.41, 5.74) is 10.3. The molecule has 0 fully saturated rings. The molecule has 0 saturated heterocycles. The standard InChI is InChI=1S/C27H24N2O3S.C23H21BrN2O3.C23H16N2O3S.Na/c1-27(2,3)32-26(31)23-10-9-19(20-11-12-33-17-20)14-24(23)29-25(30)22-13-21(15-28-16-22)18-7-5-4-6-8-18;1-23(2,3)29-22(28)19-10-9-18(24)12-20(19)26-21(27)17-11-16(13-25-14-17)15-7-5-4-6-8-15;26-22(19-10-18(12-24-13-19)15-4-2-1-3-5-15)25-21-11-16(17-8-9-29-14-17)6-7-20(21)23(27)28;/h4-17H,1-3H3,(H,29,30);4-14H,1-3H3,(H,26,27);1-14H,(H,25,26)(H,27,28);/q;;;+1/p-1. The minimum absolute atomic E-state index is 0. The van der Waals surface area contributed by atoms with Gasteiger partial charge in [-0.05, 0) is 169 Å². The molecular weight excluding hydrogens is 1270 g/mol. The molecule has 0 atom stereocenters. The quantitative estimate of drug-likeness (QED) is 0.0684. The molecule has 5 heterocycles. The Bertz CT molecular complexity index is 4390. The number of ether oxygens (including phenoxy) is 2. The Morgan fingerprint density at radius 1 is 0.391 bits per heavy atom. The summed E-state index contributed by atoms with van der Waals surface area (Å²) < 4.78 is 11.7. The van der Waals surface area contributed by atoms with Gasteiger partial charge in [-0.25, -0.2) is 9.59 Å². The van der Waals surface area contributed by atoms with Gasteiger partial charge in [0, 0.05) is 63.9 Å². The molecule has 0 saturated carbocycles. The largest absolute Gasteiger partial charge is 1.00 e. The number of hydrogen-bond acceptors (Lipinski definition) is 14. The van der Waals surface area contributed by atoms with E-state index in [-0.39, 0.29) is 58.2 Å². The van der Waals surface area contributed by atoms with Crippen molar-refractivity contribution in [2.45, 2.75) is 52.7 Å². The second kappa shape index (κ2) is 31.5. The fourth-order valence-corrected chi connectivity index (χ4v) is 10.7. The number of carboxylic acids is 1. The summed E-state index contributed by atoms with van der Waals surface area (Å²) in [6, 6.07) is 53.3. The molecule has 3 amide bonds. The number of anilines is 3. The normalized spacial score (nSPS) is 10.8. The zero-order valence-electron chi connectivity index (χ0n) is 51.2. The Balaban J connectivity index is 0.000000177. The molecule has 0 aliphatic heterocycles. The van der Waals surface area contributed by atoms with Crippen molar-refractivity contribution in [2.75, 3.05) is 16.0 Å². The molecule has 5 aromatic heterocycles. The number of aromatic nitrogens is 3. The van der Waals surface area contributed by atoms with Crippen LogP contribution in [0.5, 0.6) is 0 Å². The summed E-state index contributed by atoms with van der Waals surface area (Å²) in [6.07, 6.45) is 9.55. The van der Waals surface area contributed by atoms with Crippen molar-refractivity contribution < 1.29 is 72.9 Å². The molecule has 11 aromatic rings. The van der Waals surface area contributed by atoms with Gasteiger partial charge in [-0.1, -0.05) is 125 Å². The Morgan fingerprint density at radius 3 is 1.07 bits per heavy atom. The van der Waals surface area contributed by atoms with Gasteiger partial charge >= 0.3 is 41.5 Å². The smallest absolute Gasteiger partial charge is 0.545 e. The van der Waals surface area contributed by atoms with E-state index in [1.165, 1.54) is 36.0 Å². The second-order valence-electron chi connectivity index (χ2n) is 22.4. The third-order valence-electron chi connectivity index (χ3n) is 13.3. The number of hydrogen-bond donors (Lipinski definition) is 3. The zero-order chi connectivity index (χ0) is 64.7. The number of carbonyl (C=O) groups is 6. The molecule has 0 unspecified atom stereocenters. The molecule has 3 N–H and O–H groups in total. The molecule has 0 spiro atoms. The van der Waals surface area contributed by atoms with Crippen LogP contribution in [0.4, 0.5) is 17.1 Å². The number of carboxylic acid groups (broad SMARTS) is 1. The first-order valence-corrected chi connectivity index (χ1v) is 31.1. The molecule has 11 rings (SSSR count). The van der Waals surface area contributed by atoms with Gasteiger partial charge in [0.25, 0.3) is 17.7 Å². The minimum Gasteiger partial charge on any atom is -0.545 e. The van der Waals surface area contributed by atoms with Gasteiger partial charge in [0.15, 0.2) is 0 Å². The molecule has 456 valence electrons. The molecule has 92 heavy (non-hydrogen) atoms. The number of aromatic carboxylic acids is 1. The number of halogens is 1. The van der Waals surface area contributed by atoms with Gasteiger partial charge in [0.05, 0.1) is 50.8 Å². The van der Waals surface area contributed by atoms with Crippen LogP contribution >= 0.6 is 38.6 Å². The molecular formula is C73H60BrN6NaO9S2. The maximum Gasteiger partial charge on any atom is 1.00 e. The number of rotatable bonds is 14. The van der Waals surface area contributed by atoms with E-state index in [0.29, 0.717) is 33.6 Å². The van der Waals surface area contributed by atoms with Crippen LogP contribution in [0.25, 0.3) is 55.6 Å². The minimum atomic E-state index is -1.35. The number of benzene rings is 6. The second-order valence-corrected chi connectivity index (χ2v) is 24.8. The van der Waals surface area contributed by atoms with Crippen molar-refractivity contribution >= 4 is 91.3 Å². The van der Waals surface area contributed by atoms with Crippen LogP contribution in [0.1, 0.15) is 104 Å². The number of esters is 2. The van der Waals surface area contributed by atoms with Crippen molar-refractivity contribution in [3.05, 3.63) is 272 Å². The Morgan fingerprint density at radius 2 is 0.728 bits per heavy atom. The molecule has 6 aromatic carbocycles. The van der Waals surface area contributed by atoms with Crippen molar-refractivity contribution in [2.24, 2.45) is 0 Å². The van der Waals surface area contributed by atoms with Crippen molar-refractivity contribution in [1.82, 2.24) is 15.0 Å². The fourth-order valence-electron chi connectivity index (χ4n) is 8.97. The van der Waals surface area contributed by atoms with Crippen LogP contribution in [0, 0.1) is 0 Å². The number of carbonyl (C=O) groups excluding carboxylic acids is 6. The van der Waals surface area contributed by atoms with E-state index >= 15 is 0 Å². The van der Waals surface area contributed by atoms with E-state index in [1.54, 1.807) is 111 Å². The first kappa shape index (κ1) is 68.4. The number of amides is 3. The third kappa shape index (κ3) is 19.0. The monoisotopic (exact) mass is 1330 g/mol. The number of pyridine rings is 3. The molecule has 0 aliphatic carbocycles. The van der Waals surface area contributed by atoms with Gasteiger partial charge in [-0.15, -0.1) is 0 Å². The Kier molecular flexibility index (Phi) is 23.4. The van der Waals surface area contributed by atoms with E-state index in [0.717, 1.165) is 60.1 Å². The van der Waals surface area contributed by atoms with Crippen LogP contribution in [0.2, 0.25) is 0 Å². The average Bonchev–Trinajstić information content (AvgIpc) is 1.56. The summed E-state index contributed by atoms with van der Waals surface area (Å²) >= 11 is 6.50. The Labute approximate surface area is 571 Å². The summed E-state index contributed by atoms with van der Waals surface area (Å²) in [6.45, 7) is 10.8. The van der Waals surface area contributed by atoms with Crippen LogP contribution in [-0.4, -0.2) is 61.8 Å². The maximum absolute atomic E-state index is 13.2. The van der Waals surface area contributed by atoms with E-state index in [2.05, 4.69) is 46.8 Å². The predicted molar refractivity (Wildman–Crippen MR) is 361 cm³/mol.